The third-order valence-corrected chi connectivity index (χ3v) is 6.16. The molecule has 7 nitrogen and oxygen atoms in total. The SMILES string of the molecule is Cc1c(CNCC(=O)OC(C)(C)C)c(C)c(C(=O)O)c(C)c1B1OC(C)(C)C(C)(C)O1. The van der Waals surface area contributed by atoms with Crippen LogP contribution in [-0.4, -0.2) is 47.5 Å². The van der Waals surface area contributed by atoms with Crippen LogP contribution in [0.3, 0.4) is 0 Å². The van der Waals surface area contributed by atoms with Crippen LogP contribution in [0.15, 0.2) is 0 Å². The molecule has 1 saturated heterocycles. The number of aromatic carboxylic acids is 1. The van der Waals surface area contributed by atoms with Crippen LogP contribution < -0.4 is 10.8 Å². The van der Waals surface area contributed by atoms with Crippen LogP contribution in [0, 0.1) is 20.8 Å². The first-order chi connectivity index (χ1) is 14.0. The summed E-state index contributed by atoms with van der Waals surface area (Å²) in [5.74, 6) is -1.36. The second-order valence-corrected chi connectivity index (χ2v) is 10.2. The van der Waals surface area contributed by atoms with Gasteiger partial charge in [-0.15, -0.1) is 0 Å². The van der Waals surface area contributed by atoms with Crippen LogP contribution in [0.5, 0.6) is 0 Å². The van der Waals surface area contributed by atoms with Crippen LogP contribution >= 0.6 is 0 Å². The maximum absolute atomic E-state index is 12.1. The van der Waals surface area contributed by atoms with Gasteiger partial charge in [-0.05, 0) is 97.0 Å². The van der Waals surface area contributed by atoms with E-state index in [-0.39, 0.29) is 18.1 Å². The Morgan fingerprint density at radius 1 is 1.00 bits per heavy atom. The molecule has 1 fully saturated rings. The lowest BCUT2D eigenvalue weighted by Gasteiger charge is -2.32. The van der Waals surface area contributed by atoms with E-state index in [0.29, 0.717) is 17.7 Å². The first kappa shape index (κ1) is 25.4. The molecule has 0 atom stereocenters. The summed E-state index contributed by atoms with van der Waals surface area (Å²) in [6, 6.07) is 0. The fraction of sp³-hybridized carbons (Fsp3) is 0.652. The average molecular weight is 433 g/mol. The highest BCUT2D eigenvalue weighted by Crippen LogP contribution is 2.37. The van der Waals surface area contributed by atoms with E-state index in [4.69, 9.17) is 14.0 Å². The number of nitrogens with one attached hydrogen (secondary N) is 1. The molecule has 0 spiro atoms. The molecule has 1 heterocycles. The van der Waals surface area contributed by atoms with Crippen molar-refractivity contribution in [3.05, 3.63) is 27.8 Å². The summed E-state index contributed by atoms with van der Waals surface area (Å²) in [4.78, 5) is 24.1. The molecule has 0 radical (unpaired) electrons. The minimum absolute atomic E-state index is 0.0260. The molecule has 172 valence electrons. The lowest BCUT2D eigenvalue weighted by atomic mass is 9.70. The molecule has 0 saturated carbocycles. The number of carbonyl (C=O) groups excluding carboxylic acids is 1. The zero-order valence-corrected chi connectivity index (χ0v) is 20.5. The first-order valence-corrected chi connectivity index (χ1v) is 10.6. The van der Waals surface area contributed by atoms with Gasteiger partial charge in [0, 0.05) is 6.54 Å². The number of ether oxygens (including phenoxy) is 1. The van der Waals surface area contributed by atoms with Gasteiger partial charge in [-0.1, -0.05) is 0 Å². The summed E-state index contributed by atoms with van der Waals surface area (Å²) in [5, 5.41) is 13.0. The molecule has 1 aromatic rings. The maximum Gasteiger partial charge on any atom is 0.495 e. The van der Waals surface area contributed by atoms with E-state index in [2.05, 4.69) is 5.32 Å². The van der Waals surface area contributed by atoms with E-state index in [1.165, 1.54) is 0 Å². The second kappa shape index (κ2) is 8.56. The first-order valence-electron chi connectivity index (χ1n) is 10.6. The number of esters is 1. The molecule has 1 aromatic carbocycles. The lowest BCUT2D eigenvalue weighted by Crippen LogP contribution is -2.41. The monoisotopic (exact) mass is 433 g/mol. The number of carbonyl (C=O) groups is 2. The van der Waals surface area contributed by atoms with Gasteiger partial charge in [-0.2, -0.15) is 0 Å². The maximum atomic E-state index is 12.1. The van der Waals surface area contributed by atoms with E-state index in [1.807, 2.05) is 55.4 Å². The van der Waals surface area contributed by atoms with Crippen molar-refractivity contribution in [3.8, 4) is 0 Å². The standard InChI is InChI=1S/C23H36BNO6/c1-13-16(11-25-12-17(26)29-21(4,5)6)14(2)19(15(3)18(13)20(27)28)24-30-22(7,8)23(9,10)31-24/h25H,11-12H2,1-10H3,(H,27,28). The third-order valence-electron chi connectivity index (χ3n) is 6.16. The molecule has 8 heteroatoms. The zero-order chi connectivity index (χ0) is 23.9. The molecule has 1 aliphatic rings. The number of rotatable bonds is 6. The summed E-state index contributed by atoms with van der Waals surface area (Å²) in [6.45, 7) is 19.2. The Bertz CT molecular complexity index is 869. The van der Waals surface area contributed by atoms with Crippen molar-refractivity contribution in [1.29, 1.82) is 0 Å². The fourth-order valence-electron chi connectivity index (χ4n) is 3.86. The molecule has 0 bridgehead atoms. The summed E-state index contributed by atoms with van der Waals surface area (Å²) in [5.41, 5.74) is 2.34. The Hall–Kier alpha value is -1.90. The van der Waals surface area contributed by atoms with Gasteiger partial charge >= 0.3 is 19.1 Å². The number of hydrogen-bond donors (Lipinski definition) is 2. The van der Waals surface area contributed by atoms with Crippen molar-refractivity contribution in [2.45, 2.75) is 92.6 Å². The van der Waals surface area contributed by atoms with Crippen molar-refractivity contribution in [1.82, 2.24) is 5.32 Å². The smallest absolute Gasteiger partial charge is 0.478 e. The molecule has 0 amide bonds. The van der Waals surface area contributed by atoms with Gasteiger partial charge < -0.3 is 24.5 Å². The predicted molar refractivity (Wildman–Crippen MR) is 121 cm³/mol. The van der Waals surface area contributed by atoms with Gasteiger partial charge in [0.25, 0.3) is 0 Å². The van der Waals surface area contributed by atoms with Gasteiger partial charge in [0.05, 0.1) is 23.3 Å². The molecule has 1 aliphatic heterocycles. The van der Waals surface area contributed by atoms with Gasteiger partial charge in [-0.3, -0.25) is 4.79 Å². The van der Waals surface area contributed by atoms with Crippen LogP contribution in [0.1, 0.15) is 81.1 Å². The summed E-state index contributed by atoms with van der Waals surface area (Å²) in [6.07, 6.45) is 0. The van der Waals surface area contributed by atoms with E-state index >= 15 is 0 Å². The minimum atomic E-state index is -0.999. The molecule has 2 N–H and O–H groups in total. The van der Waals surface area contributed by atoms with Gasteiger partial charge in [0.1, 0.15) is 5.60 Å². The van der Waals surface area contributed by atoms with Crippen molar-refractivity contribution in [3.63, 3.8) is 0 Å². The Labute approximate surface area is 186 Å². The van der Waals surface area contributed by atoms with E-state index < -0.39 is 29.9 Å². The van der Waals surface area contributed by atoms with Crippen molar-refractivity contribution >= 4 is 24.5 Å². The summed E-state index contributed by atoms with van der Waals surface area (Å²) < 4.78 is 17.8. The predicted octanol–water partition coefficient (Wildman–Crippen LogP) is 3.04. The molecule has 0 aromatic heterocycles. The fourth-order valence-corrected chi connectivity index (χ4v) is 3.86. The van der Waals surface area contributed by atoms with E-state index in [1.54, 1.807) is 13.8 Å². The normalized spacial score (nSPS) is 17.7. The number of carboxylic acid groups (broad SMARTS) is 1. The van der Waals surface area contributed by atoms with E-state index in [9.17, 15) is 14.7 Å². The zero-order valence-electron chi connectivity index (χ0n) is 20.5. The van der Waals surface area contributed by atoms with Crippen molar-refractivity contribution in [2.24, 2.45) is 0 Å². The largest absolute Gasteiger partial charge is 0.495 e. The highest BCUT2D eigenvalue weighted by Gasteiger charge is 2.52. The molecular formula is C23H36BNO6. The molecule has 0 aliphatic carbocycles. The van der Waals surface area contributed by atoms with Crippen molar-refractivity contribution in [2.75, 3.05) is 6.54 Å². The molecular weight excluding hydrogens is 397 g/mol. The average Bonchev–Trinajstić information content (AvgIpc) is 2.76. The topological polar surface area (TPSA) is 94.1 Å². The highest BCUT2D eigenvalue weighted by molar-refractivity contribution is 6.63. The third kappa shape index (κ3) is 5.30. The summed E-state index contributed by atoms with van der Waals surface area (Å²) >= 11 is 0. The lowest BCUT2D eigenvalue weighted by molar-refractivity contribution is -0.153. The Kier molecular flexibility index (Phi) is 7.01. The van der Waals surface area contributed by atoms with Gasteiger partial charge in [-0.25, -0.2) is 4.79 Å². The Morgan fingerprint density at radius 3 is 1.97 bits per heavy atom. The number of benzene rings is 1. The highest BCUT2D eigenvalue weighted by atomic mass is 16.7. The summed E-state index contributed by atoms with van der Waals surface area (Å²) in [7, 11) is -0.673. The molecule has 31 heavy (non-hydrogen) atoms. The second-order valence-electron chi connectivity index (χ2n) is 10.2. The number of carboxylic acids is 1. The van der Waals surface area contributed by atoms with Crippen LogP contribution in [-0.2, 0) is 25.4 Å². The van der Waals surface area contributed by atoms with Gasteiger partial charge in [0.15, 0.2) is 0 Å². The van der Waals surface area contributed by atoms with Crippen LogP contribution in [0.4, 0.5) is 0 Å². The quantitative estimate of drug-likeness (QED) is 0.526. The van der Waals surface area contributed by atoms with E-state index in [0.717, 1.165) is 16.6 Å². The Balaban J connectivity index is 2.42. The van der Waals surface area contributed by atoms with Crippen LogP contribution in [0.2, 0.25) is 0 Å². The van der Waals surface area contributed by atoms with Crippen LogP contribution in [0.25, 0.3) is 0 Å². The van der Waals surface area contributed by atoms with Crippen molar-refractivity contribution < 1.29 is 28.7 Å². The molecule has 0 unspecified atom stereocenters. The molecule has 2 rings (SSSR count). The number of hydrogen-bond acceptors (Lipinski definition) is 6. The minimum Gasteiger partial charge on any atom is -0.478 e. The Morgan fingerprint density at radius 2 is 1.52 bits per heavy atom. The van der Waals surface area contributed by atoms with Gasteiger partial charge in [0.2, 0.25) is 0 Å².